The summed E-state index contributed by atoms with van der Waals surface area (Å²) in [7, 11) is 3.47. The molecule has 0 aliphatic carbocycles. The molecule has 0 unspecified atom stereocenters. The number of rotatable bonds is 6. The number of likely N-dealkylation sites (tertiary alicyclic amines) is 1. The van der Waals surface area contributed by atoms with Gasteiger partial charge in [0.2, 0.25) is 0 Å². The molecule has 1 atom stereocenters. The number of hydrogen-bond acceptors (Lipinski definition) is 6. The second-order valence-electron chi connectivity index (χ2n) is 9.79. The van der Waals surface area contributed by atoms with E-state index in [2.05, 4.69) is 5.32 Å². The fraction of sp³-hybridized carbons (Fsp3) is 0.760. The van der Waals surface area contributed by atoms with Crippen LogP contribution in [0.2, 0.25) is 0 Å². The second kappa shape index (κ2) is 12.9. The van der Waals surface area contributed by atoms with Crippen molar-refractivity contribution in [2.75, 3.05) is 53.6 Å². The summed E-state index contributed by atoms with van der Waals surface area (Å²) in [6.45, 7) is 7.98. The lowest BCUT2D eigenvalue weighted by atomic mass is 9.97. The lowest BCUT2D eigenvalue weighted by Gasteiger charge is -2.32. The molecule has 1 aromatic heterocycles. The second-order valence-corrected chi connectivity index (χ2v) is 9.79. The lowest BCUT2D eigenvalue weighted by Crippen LogP contribution is -2.45. The molecule has 10 heteroatoms. The molecule has 1 fully saturated rings. The average Bonchev–Trinajstić information content (AvgIpc) is 3.18. The third-order valence-electron chi connectivity index (χ3n) is 6.65. The first kappa shape index (κ1) is 27.0. The fourth-order valence-electron chi connectivity index (χ4n) is 4.69. The minimum atomic E-state index is -0.191. The summed E-state index contributed by atoms with van der Waals surface area (Å²) in [5.41, 5.74) is 2.52. The van der Waals surface area contributed by atoms with E-state index in [1.807, 2.05) is 13.8 Å². The maximum Gasteiger partial charge on any atom is 0.319 e. The molecule has 196 valence electrons. The van der Waals surface area contributed by atoms with Crippen LogP contribution in [0.15, 0.2) is 0 Å². The SMILES string of the molecule is CCn1nc(C[C@@H](C)COC(=O)C2CCN(C(=O)N(C)C)CC2)c2c1C(=O)NCCCOCCC2. The van der Waals surface area contributed by atoms with E-state index in [1.54, 1.807) is 28.6 Å². The van der Waals surface area contributed by atoms with Crippen LogP contribution in [-0.4, -0.2) is 91.0 Å². The van der Waals surface area contributed by atoms with E-state index in [-0.39, 0.29) is 29.7 Å². The summed E-state index contributed by atoms with van der Waals surface area (Å²) in [5, 5.41) is 7.75. The molecule has 0 saturated carbocycles. The lowest BCUT2D eigenvalue weighted by molar-refractivity contribution is -0.151. The number of carbonyl (C=O) groups is 3. The van der Waals surface area contributed by atoms with Gasteiger partial charge in [0.05, 0.1) is 18.2 Å². The minimum absolute atomic E-state index is 0.0195. The molecule has 3 amide bonds. The number of piperidine rings is 1. The molecule has 0 bridgehead atoms. The van der Waals surface area contributed by atoms with Crippen LogP contribution < -0.4 is 5.32 Å². The van der Waals surface area contributed by atoms with Crippen molar-refractivity contribution >= 4 is 17.9 Å². The largest absolute Gasteiger partial charge is 0.465 e. The quantitative estimate of drug-likeness (QED) is 0.611. The molecule has 1 aromatic rings. The Morgan fingerprint density at radius 3 is 2.63 bits per heavy atom. The summed E-state index contributed by atoms with van der Waals surface area (Å²) < 4.78 is 13.1. The van der Waals surface area contributed by atoms with E-state index in [0.29, 0.717) is 71.0 Å². The molecule has 3 rings (SSSR count). The maximum absolute atomic E-state index is 12.9. The highest BCUT2D eigenvalue weighted by Crippen LogP contribution is 2.23. The summed E-state index contributed by atoms with van der Waals surface area (Å²) >= 11 is 0. The number of fused-ring (bicyclic) bond motifs is 1. The van der Waals surface area contributed by atoms with Crippen molar-refractivity contribution in [2.45, 2.75) is 58.9 Å². The predicted molar refractivity (Wildman–Crippen MR) is 131 cm³/mol. The van der Waals surface area contributed by atoms with Gasteiger partial charge in [0.1, 0.15) is 5.69 Å². The number of carbonyl (C=O) groups excluding carboxylic acids is 3. The number of amides is 3. The van der Waals surface area contributed by atoms with E-state index in [9.17, 15) is 14.4 Å². The van der Waals surface area contributed by atoms with E-state index in [1.165, 1.54) is 0 Å². The normalized spacial score (nSPS) is 18.7. The highest BCUT2D eigenvalue weighted by atomic mass is 16.5. The number of aryl methyl sites for hydroxylation is 1. The third-order valence-corrected chi connectivity index (χ3v) is 6.65. The zero-order chi connectivity index (χ0) is 25.4. The van der Waals surface area contributed by atoms with Gasteiger partial charge in [-0.05, 0) is 51.4 Å². The molecule has 2 aliphatic rings. The van der Waals surface area contributed by atoms with Gasteiger partial charge in [-0.2, -0.15) is 5.10 Å². The summed E-state index contributed by atoms with van der Waals surface area (Å²) in [4.78, 5) is 41.0. The van der Waals surface area contributed by atoms with Gasteiger partial charge in [0, 0.05) is 59.1 Å². The van der Waals surface area contributed by atoms with Crippen LogP contribution in [0.5, 0.6) is 0 Å². The number of nitrogens with one attached hydrogen (secondary N) is 1. The Bertz CT molecular complexity index is 876. The van der Waals surface area contributed by atoms with Gasteiger partial charge in [-0.25, -0.2) is 4.79 Å². The van der Waals surface area contributed by atoms with Gasteiger partial charge in [-0.3, -0.25) is 14.3 Å². The van der Waals surface area contributed by atoms with Crippen LogP contribution in [0.1, 0.15) is 61.3 Å². The van der Waals surface area contributed by atoms with Crippen LogP contribution in [0, 0.1) is 11.8 Å². The Labute approximate surface area is 208 Å². The predicted octanol–water partition coefficient (Wildman–Crippen LogP) is 2.10. The van der Waals surface area contributed by atoms with Crippen molar-refractivity contribution < 1.29 is 23.9 Å². The Morgan fingerprint density at radius 1 is 1.23 bits per heavy atom. The molecule has 0 radical (unpaired) electrons. The average molecular weight is 492 g/mol. The Kier molecular flexibility index (Phi) is 9.94. The standard InChI is InChI=1S/C25H41N5O5/c1-5-30-22-20(8-6-14-34-15-7-11-26-23(22)31)21(27-30)16-18(2)17-35-24(32)19-9-12-29(13-10-19)25(33)28(3)4/h18-19H,5-17H2,1-4H3,(H,26,31)/t18-/m1/s1. The van der Waals surface area contributed by atoms with Crippen LogP contribution in [0.4, 0.5) is 4.79 Å². The number of aromatic nitrogens is 2. The molecule has 1 saturated heterocycles. The summed E-state index contributed by atoms with van der Waals surface area (Å²) in [6, 6.07) is -0.0195. The van der Waals surface area contributed by atoms with Gasteiger partial charge < -0.3 is 24.6 Å². The molecule has 10 nitrogen and oxygen atoms in total. The number of nitrogens with zero attached hydrogens (tertiary/aromatic N) is 4. The topological polar surface area (TPSA) is 106 Å². The van der Waals surface area contributed by atoms with Gasteiger partial charge in [0.25, 0.3) is 5.91 Å². The van der Waals surface area contributed by atoms with Gasteiger partial charge in [-0.15, -0.1) is 0 Å². The van der Waals surface area contributed by atoms with Crippen LogP contribution in [-0.2, 0) is 33.7 Å². The van der Waals surface area contributed by atoms with Crippen molar-refractivity contribution in [3.8, 4) is 0 Å². The zero-order valence-electron chi connectivity index (χ0n) is 21.7. The van der Waals surface area contributed by atoms with E-state index in [4.69, 9.17) is 14.6 Å². The Balaban J connectivity index is 1.58. The number of ether oxygens (including phenoxy) is 2. The third kappa shape index (κ3) is 7.19. The molecule has 35 heavy (non-hydrogen) atoms. The first-order chi connectivity index (χ1) is 16.8. The monoisotopic (exact) mass is 491 g/mol. The molecular weight excluding hydrogens is 450 g/mol. The number of urea groups is 1. The number of esters is 1. The van der Waals surface area contributed by atoms with Crippen LogP contribution in [0.3, 0.4) is 0 Å². The minimum Gasteiger partial charge on any atom is -0.465 e. The highest BCUT2D eigenvalue weighted by molar-refractivity contribution is 5.94. The van der Waals surface area contributed by atoms with Crippen molar-refractivity contribution in [1.82, 2.24) is 24.9 Å². The first-order valence-corrected chi connectivity index (χ1v) is 12.9. The molecule has 1 N–H and O–H groups in total. The fourth-order valence-corrected chi connectivity index (χ4v) is 4.69. The summed E-state index contributed by atoms with van der Waals surface area (Å²) in [6.07, 6.45) is 4.24. The highest BCUT2D eigenvalue weighted by Gasteiger charge is 2.30. The molecule has 0 spiro atoms. The van der Waals surface area contributed by atoms with Crippen molar-refractivity contribution in [2.24, 2.45) is 11.8 Å². The zero-order valence-corrected chi connectivity index (χ0v) is 21.7. The Morgan fingerprint density at radius 2 is 1.94 bits per heavy atom. The van der Waals surface area contributed by atoms with Crippen LogP contribution >= 0.6 is 0 Å². The van der Waals surface area contributed by atoms with E-state index >= 15 is 0 Å². The molecule has 3 heterocycles. The van der Waals surface area contributed by atoms with E-state index in [0.717, 1.165) is 30.5 Å². The molecule has 2 aliphatic heterocycles. The maximum atomic E-state index is 12.9. The Hall–Kier alpha value is -2.62. The van der Waals surface area contributed by atoms with Gasteiger partial charge in [-0.1, -0.05) is 6.92 Å². The van der Waals surface area contributed by atoms with Crippen molar-refractivity contribution in [3.63, 3.8) is 0 Å². The first-order valence-electron chi connectivity index (χ1n) is 12.9. The smallest absolute Gasteiger partial charge is 0.319 e. The van der Waals surface area contributed by atoms with Crippen molar-refractivity contribution in [3.05, 3.63) is 17.0 Å². The van der Waals surface area contributed by atoms with Crippen molar-refractivity contribution in [1.29, 1.82) is 0 Å². The summed E-state index contributed by atoms with van der Waals surface area (Å²) in [5.74, 6) is -0.381. The van der Waals surface area contributed by atoms with E-state index < -0.39 is 0 Å². The van der Waals surface area contributed by atoms with Gasteiger partial charge >= 0.3 is 12.0 Å². The molecular formula is C25H41N5O5. The molecule has 0 aromatic carbocycles. The van der Waals surface area contributed by atoms with Gasteiger partial charge in [0.15, 0.2) is 0 Å². The number of hydrogen-bond donors (Lipinski definition) is 1. The van der Waals surface area contributed by atoms with Crippen LogP contribution in [0.25, 0.3) is 0 Å².